The van der Waals surface area contributed by atoms with Crippen LogP contribution in [0.4, 0.5) is 0 Å². The molecule has 0 unspecified atom stereocenters. The van der Waals surface area contributed by atoms with Crippen LogP contribution in [0, 0.1) is 5.41 Å². The molecule has 7 heteroatoms. The van der Waals surface area contributed by atoms with Gasteiger partial charge in [-0.15, -0.1) is 0 Å². The third-order valence-corrected chi connectivity index (χ3v) is 7.07. The Labute approximate surface area is 197 Å². The van der Waals surface area contributed by atoms with E-state index in [1.54, 1.807) is 19.9 Å². The van der Waals surface area contributed by atoms with Crippen LogP contribution in [0.2, 0.25) is 5.02 Å². The number of aliphatic hydroxyl groups excluding tert-OH is 1. The lowest BCUT2D eigenvalue weighted by Crippen LogP contribution is -2.58. The van der Waals surface area contributed by atoms with E-state index in [2.05, 4.69) is 39.2 Å². The Morgan fingerprint density at radius 3 is 2.30 bits per heavy atom. The van der Waals surface area contributed by atoms with E-state index in [9.17, 15) is 10.2 Å². The van der Waals surface area contributed by atoms with Crippen LogP contribution < -0.4 is 4.74 Å². The van der Waals surface area contributed by atoms with Crippen molar-refractivity contribution in [1.29, 1.82) is 0 Å². The molecule has 0 spiro atoms. The van der Waals surface area contributed by atoms with E-state index in [-0.39, 0.29) is 12.7 Å². The Balaban J connectivity index is 1.36. The van der Waals surface area contributed by atoms with Gasteiger partial charge in [0.05, 0.1) is 28.4 Å². The zero-order valence-corrected chi connectivity index (χ0v) is 19.3. The molecular formula is C26H26ClN3O3. The van der Waals surface area contributed by atoms with E-state index in [0.29, 0.717) is 40.7 Å². The fourth-order valence-corrected chi connectivity index (χ4v) is 4.74. The van der Waals surface area contributed by atoms with Gasteiger partial charge in [0.2, 0.25) is 0 Å². The highest BCUT2D eigenvalue weighted by Crippen LogP contribution is 2.50. The molecule has 3 N–H and O–H groups in total. The van der Waals surface area contributed by atoms with Crippen LogP contribution in [0.1, 0.15) is 26.7 Å². The number of ether oxygens (including phenoxy) is 1. The summed E-state index contributed by atoms with van der Waals surface area (Å²) in [6, 6.07) is 20.5. The largest absolute Gasteiger partial charge is 0.461 e. The van der Waals surface area contributed by atoms with E-state index in [0.717, 1.165) is 16.7 Å². The number of nitrogens with one attached hydrogen (secondary N) is 1. The minimum Gasteiger partial charge on any atom is -0.461 e. The summed E-state index contributed by atoms with van der Waals surface area (Å²) in [5.41, 5.74) is 3.52. The minimum atomic E-state index is -0.977. The van der Waals surface area contributed by atoms with Crippen LogP contribution >= 0.6 is 11.6 Å². The predicted octanol–water partition coefficient (Wildman–Crippen LogP) is 5.24. The second-order valence-corrected chi connectivity index (χ2v) is 9.73. The topological polar surface area (TPSA) is 91.3 Å². The summed E-state index contributed by atoms with van der Waals surface area (Å²) in [5.74, 6) is 0. The van der Waals surface area contributed by atoms with E-state index in [4.69, 9.17) is 16.3 Å². The van der Waals surface area contributed by atoms with Crippen molar-refractivity contribution in [2.45, 2.75) is 38.4 Å². The van der Waals surface area contributed by atoms with Gasteiger partial charge in [-0.3, -0.25) is 0 Å². The first-order valence-corrected chi connectivity index (χ1v) is 11.4. The van der Waals surface area contributed by atoms with Crippen molar-refractivity contribution in [2.75, 3.05) is 6.61 Å². The Morgan fingerprint density at radius 1 is 1.03 bits per heavy atom. The lowest BCUT2D eigenvalue weighted by atomic mass is 9.58. The first kappa shape index (κ1) is 21.9. The number of hydrogen-bond acceptors (Lipinski definition) is 5. The van der Waals surface area contributed by atoms with Crippen LogP contribution in [0.25, 0.3) is 33.5 Å². The SMILES string of the molecule is CC(C)(O)C1(CO)CC(Oc2nc3nc(-c4ccc(-c5ccccc5)cc4)c(Cl)cc3[nH]2)C1. The van der Waals surface area contributed by atoms with Crippen molar-refractivity contribution >= 4 is 22.8 Å². The van der Waals surface area contributed by atoms with Gasteiger partial charge in [-0.2, -0.15) is 4.98 Å². The number of pyridine rings is 1. The number of H-pyrrole nitrogens is 1. The second-order valence-electron chi connectivity index (χ2n) is 9.32. The van der Waals surface area contributed by atoms with Gasteiger partial charge in [0.25, 0.3) is 6.01 Å². The van der Waals surface area contributed by atoms with Crippen LogP contribution in [0.5, 0.6) is 6.01 Å². The van der Waals surface area contributed by atoms with Crippen molar-refractivity contribution in [3.63, 3.8) is 0 Å². The molecule has 0 amide bonds. The molecule has 2 aromatic heterocycles. The third kappa shape index (κ3) is 3.99. The lowest BCUT2D eigenvalue weighted by Gasteiger charge is -2.52. The normalized spacial score (nSPS) is 20.6. The van der Waals surface area contributed by atoms with E-state index < -0.39 is 11.0 Å². The smallest absolute Gasteiger partial charge is 0.296 e. The summed E-state index contributed by atoms with van der Waals surface area (Å²) >= 11 is 6.55. The number of aromatic nitrogens is 3. The molecule has 6 nitrogen and oxygen atoms in total. The number of nitrogens with zero attached hydrogens (tertiary/aromatic N) is 2. The van der Waals surface area contributed by atoms with Crippen molar-refractivity contribution in [1.82, 2.24) is 15.0 Å². The molecule has 1 aliphatic rings. The minimum absolute atomic E-state index is 0.0833. The van der Waals surface area contributed by atoms with Crippen LogP contribution in [0.15, 0.2) is 60.7 Å². The zero-order chi connectivity index (χ0) is 23.2. The molecule has 1 aliphatic carbocycles. The van der Waals surface area contributed by atoms with Gasteiger partial charge in [0.15, 0.2) is 5.65 Å². The summed E-state index contributed by atoms with van der Waals surface area (Å²) in [6.45, 7) is 3.36. The van der Waals surface area contributed by atoms with Gasteiger partial charge in [-0.1, -0.05) is 66.2 Å². The van der Waals surface area contributed by atoms with Crippen LogP contribution in [0.3, 0.4) is 0 Å². The highest BCUT2D eigenvalue weighted by Gasteiger charge is 2.54. The van der Waals surface area contributed by atoms with Gasteiger partial charge < -0.3 is 19.9 Å². The molecule has 170 valence electrons. The first-order valence-electron chi connectivity index (χ1n) is 11.0. The summed E-state index contributed by atoms with van der Waals surface area (Å²) in [4.78, 5) is 12.3. The standard InChI is InChI=1S/C26H26ClN3O3/c1-25(2,32)26(15-31)13-19(14-26)33-24-28-21-12-20(27)22(29-23(21)30-24)18-10-8-17(9-11-18)16-6-4-3-5-7-16/h3-12,19,31-32H,13-15H2,1-2H3,(H,28,29,30). The Morgan fingerprint density at radius 2 is 1.67 bits per heavy atom. The Bertz CT molecular complexity index is 1270. The molecule has 0 saturated heterocycles. The maximum atomic E-state index is 10.4. The van der Waals surface area contributed by atoms with Crippen molar-refractivity contribution in [2.24, 2.45) is 5.41 Å². The molecule has 2 heterocycles. The average molecular weight is 464 g/mol. The molecule has 33 heavy (non-hydrogen) atoms. The third-order valence-electron chi connectivity index (χ3n) is 6.79. The van der Waals surface area contributed by atoms with E-state index in [1.807, 2.05) is 30.3 Å². The van der Waals surface area contributed by atoms with Gasteiger partial charge in [-0.25, -0.2) is 4.98 Å². The monoisotopic (exact) mass is 463 g/mol. The van der Waals surface area contributed by atoms with Crippen LogP contribution in [-0.4, -0.2) is 43.5 Å². The second kappa shape index (κ2) is 8.13. The summed E-state index contributed by atoms with van der Waals surface area (Å²) < 4.78 is 5.97. The first-order chi connectivity index (χ1) is 15.8. The lowest BCUT2D eigenvalue weighted by molar-refractivity contribution is -0.169. The average Bonchev–Trinajstić information content (AvgIpc) is 3.16. The van der Waals surface area contributed by atoms with Crippen LogP contribution in [-0.2, 0) is 0 Å². The number of aromatic amines is 1. The van der Waals surface area contributed by atoms with Gasteiger partial charge >= 0.3 is 0 Å². The zero-order valence-electron chi connectivity index (χ0n) is 18.5. The maximum absolute atomic E-state index is 10.4. The summed E-state index contributed by atoms with van der Waals surface area (Å²) in [7, 11) is 0. The summed E-state index contributed by atoms with van der Waals surface area (Å²) in [5, 5.41) is 20.7. The van der Waals surface area contributed by atoms with Crippen molar-refractivity contribution < 1.29 is 14.9 Å². The number of imidazole rings is 1. The number of fused-ring (bicyclic) bond motifs is 1. The quantitative estimate of drug-likeness (QED) is 0.364. The molecular weight excluding hydrogens is 438 g/mol. The Hall–Kier alpha value is -2.93. The van der Waals surface area contributed by atoms with Gasteiger partial charge in [0, 0.05) is 11.0 Å². The number of halogens is 1. The molecule has 1 saturated carbocycles. The Kier molecular flexibility index (Phi) is 5.40. The molecule has 1 fully saturated rings. The van der Waals surface area contributed by atoms with Gasteiger partial charge in [0.1, 0.15) is 6.10 Å². The number of rotatable bonds is 6. The molecule has 4 aromatic rings. The molecule has 0 atom stereocenters. The highest BCUT2D eigenvalue weighted by atomic mass is 35.5. The van der Waals surface area contributed by atoms with Crippen molar-refractivity contribution in [3.05, 3.63) is 65.7 Å². The van der Waals surface area contributed by atoms with E-state index in [1.165, 1.54) is 0 Å². The van der Waals surface area contributed by atoms with Crippen molar-refractivity contribution in [3.8, 4) is 28.4 Å². The molecule has 5 rings (SSSR count). The number of aliphatic hydroxyl groups is 2. The maximum Gasteiger partial charge on any atom is 0.296 e. The highest BCUT2D eigenvalue weighted by molar-refractivity contribution is 6.33. The molecule has 0 aliphatic heterocycles. The fraction of sp³-hybridized carbons (Fsp3) is 0.308. The van der Waals surface area contributed by atoms with Gasteiger partial charge in [-0.05, 0) is 43.9 Å². The summed E-state index contributed by atoms with van der Waals surface area (Å²) in [6.07, 6.45) is 0.971. The fourth-order valence-electron chi connectivity index (χ4n) is 4.48. The predicted molar refractivity (Wildman–Crippen MR) is 129 cm³/mol. The number of hydrogen-bond donors (Lipinski definition) is 3. The molecule has 0 radical (unpaired) electrons. The molecule has 2 aromatic carbocycles. The molecule has 0 bridgehead atoms. The number of benzene rings is 2. The van der Waals surface area contributed by atoms with E-state index >= 15 is 0 Å².